The van der Waals surface area contributed by atoms with Crippen molar-refractivity contribution in [2.24, 2.45) is 0 Å². The van der Waals surface area contributed by atoms with Crippen LogP contribution in [0.2, 0.25) is 0 Å². The number of anilines is 1. The number of para-hydroxylation sites is 2. The highest BCUT2D eigenvalue weighted by atomic mass is 16.5. The van der Waals surface area contributed by atoms with Gasteiger partial charge in [0.1, 0.15) is 22.7 Å². The molecule has 0 bridgehead atoms. The van der Waals surface area contributed by atoms with E-state index in [2.05, 4.69) is 163 Å². The molecule has 1 unspecified atom stereocenters. The molecule has 1 atom stereocenters. The van der Waals surface area contributed by atoms with Crippen molar-refractivity contribution >= 4 is 54.7 Å². The second-order valence-corrected chi connectivity index (χ2v) is 14.3. The highest BCUT2D eigenvalue weighted by molar-refractivity contribution is 6.19. The fraction of sp³-hybridized carbons (Fsp3) is 0.0800. The van der Waals surface area contributed by atoms with Crippen molar-refractivity contribution in [3.63, 3.8) is 0 Å². The van der Waals surface area contributed by atoms with Crippen LogP contribution in [0.5, 0.6) is 5.75 Å². The number of allylic oxidation sites excluding steroid dienone is 7. The van der Waals surface area contributed by atoms with Crippen LogP contribution in [-0.4, -0.2) is 0 Å². The zero-order valence-electron chi connectivity index (χ0n) is 29.1. The number of rotatable bonds is 5. The Morgan fingerprint density at radius 1 is 0.585 bits per heavy atom. The monoisotopic (exact) mass is 681 g/mol. The lowest BCUT2D eigenvalue weighted by Gasteiger charge is -2.32. The van der Waals surface area contributed by atoms with Crippen molar-refractivity contribution in [1.29, 1.82) is 0 Å². The van der Waals surface area contributed by atoms with E-state index in [9.17, 15) is 0 Å². The van der Waals surface area contributed by atoms with E-state index in [-0.39, 0.29) is 5.92 Å². The minimum atomic E-state index is 0.268. The molecule has 53 heavy (non-hydrogen) atoms. The van der Waals surface area contributed by atoms with E-state index >= 15 is 0 Å². The Balaban J connectivity index is 0.986. The predicted octanol–water partition coefficient (Wildman–Crippen LogP) is 13.5. The largest absolute Gasteiger partial charge is 0.461 e. The summed E-state index contributed by atoms with van der Waals surface area (Å²) in [6.07, 6.45) is 12.1. The van der Waals surface area contributed by atoms with Gasteiger partial charge in [0.2, 0.25) is 0 Å². The molecule has 0 fully saturated rings. The molecule has 0 saturated heterocycles. The smallest absolute Gasteiger partial charge is 0.136 e. The number of ether oxygens (including phenoxy) is 1. The average Bonchev–Trinajstić information content (AvgIpc) is 3.79. The van der Waals surface area contributed by atoms with Crippen LogP contribution in [0.15, 0.2) is 191 Å². The number of hydrogen-bond donors (Lipinski definition) is 0. The van der Waals surface area contributed by atoms with E-state index < -0.39 is 0 Å². The van der Waals surface area contributed by atoms with Gasteiger partial charge in [0.15, 0.2) is 0 Å². The van der Waals surface area contributed by atoms with Crippen molar-refractivity contribution in [3.8, 4) is 16.9 Å². The fourth-order valence-corrected chi connectivity index (χ4v) is 8.73. The van der Waals surface area contributed by atoms with Crippen molar-refractivity contribution in [3.05, 3.63) is 198 Å². The van der Waals surface area contributed by atoms with Crippen molar-refractivity contribution < 1.29 is 9.15 Å². The first-order chi connectivity index (χ1) is 26.2. The molecule has 0 saturated carbocycles. The van der Waals surface area contributed by atoms with E-state index in [4.69, 9.17) is 9.15 Å². The Morgan fingerprint density at radius 2 is 1.36 bits per heavy atom. The highest BCUT2D eigenvalue weighted by Gasteiger charge is 2.32. The van der Waals surface area contributed by atoms with E-state index in [1.54, 1.807) is 0 Å². The molecule has 7 aromatic carbocycles. The molecule has 2 aliphatic carbocycles. The van der Waals surface area contributed by atoms with Crippen LogP contribution >= 0.6 is 0 Å². The Labute approximate surface area is 308 Å². The zero-order valence-corrected chi connectivity index (χ0v) is 29.1. The van der Waals surface area contributed by atoms with Crippen LogP contribution in [0.25, 0.3) is 60.2 Å². The number of fused-ring (bicyclic) bond motifs is 9. The summed E-state index contributed by atoms with van der Waals surface area (Å²) < 4.78 is 12.7. The van der Waals surface area contributed by atoms with Crippen LogP contribution in [-0.2, 0) is 0 Å². The Morgan fingerprint density at radius 3 is 2.26 bits per heavy atom. The fourth-order valence-electron chi connectivity index (χ4n) is 8.73. The summed E-state index contributed by atoms with van der Waals surface area (Å²) in [5, 5.41) is 7.34. The lowest BCUT2D eigenvalue weighted by Crippen LogP contribution is -2.24. The molecule has 0 spiro atoms. The molecule has 2 heterocycles. The molecule has 11 rings (SSSR count). The molecule has 3 heteroatoms. The molecular weight excluding hydrogens is 647 g/mol. The van der Waals surface area contributed by atoms with Gasteiger partial charge < -0.3 is 14.1 Å². The Bertz CT molecular complexity index is 2900. The first kappa shape index (κ1) is 30.1. The van der Waals surface area contributed by atoms with Crippen LogP contribution in [0, 0.1) is 0 Å². The molecule has 0 N–H and O–H groups in total. The number of hydrogen-bond acceptors (Lipinski definition) is 3. The van der Waals surface area contributed by atoms with Gasteiger partial charge >= 0.3 is 0 Å². The van der Waals surface area contributed by atoms with Crippen LogP contribution in [0.1, 0.15) is 36.3 Å². The SMILES string of the molecule is C1=C(c2cccc3ccccc23)CCC(N(C2=CCC3C(=C2)Oc2ccccc23)c2ccc(-c3ccc4ccc5oc6ccccc6c5c4c3)cc2)=C1. The highest BCUT2D eigenvalue weighted by Crippen LogP contribution is 2.47. The maximum Gasteiger partial charge on any atom is 0.136 e. The maximum atomic E-state index is 6.45. The number of furan rings is 1. The quantitative estimate of drug-likeness (QED) is 0.181. The van der Waals surface area contributed by atoms with Gasteiger partial charge in [0.05, 0.1) is 0 Å². The molecule has 3 aliphatic rings. The Kier molecular flexibility index (Phi) is 6.81. The molecule has 3 nitrogen and oxygen atoms in total. The van der Waals surface area contributed by atoms with Gasteiger partial charge in [-0.05, 0) is 106 Å². The van der Waals surface area contributed by atoms with E-state index in [0.717, 1.165) is 58.7 Å². The zero-order chi connectivity index (χ0) is 34.9. The third kappa shape index (κ3) is 4.96. The van der Waals surface area contributed by atoms with Gasteiger partial charge in [0.25, 0.3) is 0 Å². The second kappa shape index (κ2) is 12.0. The summed E-state index contributed by atoms with van der Waals surface area (Å²) in [5.41, 5.74) is 11.8. The average molecular weight is 682 g/mol. The molecule has 0 radical (unpaired) electrons. The summed E-state index contributed by atoms with van der Waals surface area (Å²) in [6.45, 7) is 0. The molecular formula is C50H35NO2. The van der Waals surface area contributed by atoms with Gasteiger partial charge in [-0.15, -0.1) is 0 Å². The molecule has 1 aliphatic heterocycles. The normalized spacial score (nSPS) is 16.5. The third-order valence-electron chi connectivity index (χ3n) is 11.3. The minimum Gasteiger partial charge on any atom is -0.461 e. The summed E-state index contributed by atoms with van der Waals surface area (Å²) in [4.78, 5) is 2.44. The molecule has 252 valence electrons. The van der Waals surface area contributed by atoms with Gasteiger partial charge in [-0.25, -0.2) is 0 Å². The lowest BCUT2D eigenvalue weighted by molar-refractivity contribution is 0.423. The topological polar surface area (TPSA) is 25.6 Å². The number of benzene rings is 7. The summed E-state index contributed by atoms with van der Waals surface area (Å²) >= 11 is 0. The van der Waals surface area contributed by atoms with Crippen molar-refractivity contribution in [1.82, 2.24) is 0 Å². The summed E-state index contributed by atoms with van der Waals surface area (Å²) in [6, 6.07) is 52.2. The third-order valence-corrected chi connectivity index (χ3v) is 11.3. The van der Waals surface area contributed by atoms with E-state index in [0.29, 0.717) is 0 Å². The first-order valence-corrected chi connectivity index (χ1v) is 18.6. The van der Waals surface area contributed by atoms with Crippen LogP contribution in [0.4, 0.5) is 5.69 Å². The second-order valence-electron chi connectivity index (χ2n) is 14.3. The summed E-state index contributed by atoms with van der Waals surface area (Å²) in [7, 11) is 0. The van der Waals surface area contributed by atoms with E-state index in [1.165, 1.54) is 60.5 Å². The van der Waals surface area contributed by atoms with Crippen LogP contribution < -0.4 is 9.64 Å². The van der Waals surface area contributed by atoms with Gasteiger partial charge in [-0.3, -0.25) is 0 Å². The lowest BCUT2D eigenvalue weighted by atomic mass is 9.89. The molecule has 8 aromatic rings. The summed E-state index contributed by atoms with van der Waals surface area (Å²) in [5.74, 6) is 2.27. The van der Waals surface area contributed by atoms with E-state index in [1.807, 2.05) is 12.1 Å². The predicted molar refractivity (Wildman–Crippen MR) is 219 cm³/mol. The standard InChI is InChI=1S/C50H35NO2/c1-2-10-40-33(8-1)9-7-13-41(40)34-20-25-38(26-21-34)51(39-27-28-43-42-11-3-5-14-46(42)53-49(43)31-39)37-23-18-32(19-24-37)36-17-16-35-22-29-48-50(45(35)30-36)44-12-4-6-15-47(44)52-48/h1-20,22-25,27,29-31,43H,21,26,28H2. The van der Waals surface area contributed by atoms with Gasteiger partial charge in [0, 0.05) is 45.4 Å². The molecule has 0 amide bonds. The Hall–Kier alpha value is -6.58. The van der Waals surface area contributed by atoms with Crippen molar-refractivity contribution in [2.45, 2.75) is 25.2 Å². The van der Waals surface area contributed by atoms with Crippen molar-refractivity contribution in [2.75, 3.05) is 4.90 Å². The molecule has 1 aromatic heterocycles. The maximum absolute atomic E-state index is 6.45. The minimum absolute atomic E-state index is 0.268. The van der Waals surface area contributed by atoms with Gasteiger partial charge in [-0.2, -0.15) is 0 Å². The first-order valence-electron chi connectivity index (χ1n) is 18.6. The van der Waals surface area contributed by atoms with Gasteiger partial charge in [-0.1, -0.05) is 121 Å². The number of nitrogens with zero attached hydrogens (tertiary/aromatic N) is 1. The van der Waals surface area contributed by atoms with Crippen LogP contribution in [0.3, 0.4) is 0 Å².